The summed E-state index contributed by atoms with van der Waals surface area (Å²) in [6, 6.07) is 1.93. The summed E-state index contributed by atoms with van der Waals surface area (Å²) < 4.78 is 5.83. The van der Waals surface area contributed by atoms with Gasteiger partial charge < -0.3 is 14.5 Å². The molecule has 1 aliphatic carbocycles. The number of aromatic amines is 1. The Kier molecular flexibility index (Phi) is 4.78. The summed E-state index contributed by atoms with van der Waals surface area (Å²) >= 11 is 0. The van der Waals surface area contributed by atoms with Crippen molar-refractivity contribution in [3.05, 3.63) is 17.5 Å². The summed E-state index contributed by atoms with van der Waals surface area (Å²) in [5, 5.41) is 7.03. The third kappa shape index (κ3) is 4.30. The number of likely N-dealkylation sites (N-methyl/N-ethyl adjacent to an activating group) is 1. The van der Waals surface area contributed by atoms with E-state index in [0.29, 0.717) is 26.1 Å². The van der Waals surface area contributed by atoms with E-state index < -0.39 is 0 Å². The van der Waals surface area contributed by atoms with Crippen LogP contribution in [0.4, 0.5) is 0 Å². The maximum atomic E-state index is 12.4. The molecule has 1 saturated carbocycles. The number of nitrogens with zero attached hydrogens (tertiary/aromatic N) is 3. The van der Waals surface area contributed by atoms with Crippen molar-refractivity contribution < 1.29 is 9.53 Å². The zero-order chi connectivity index (χ0) is 15.5. The van der Waals surface area contributed by atoms with Crippen LogP contribution in [-0.2, 0) is 16.0 Å². The van der Waals surface area contributed by atoms with Gasteiger partial charge in [-0.3, -0.25) is 9.89 Å². The number of morpholine rings is 1. The highest BCUT2D eigenvalue weighted by atomic mass is 16.5. The van der Waals surface area contributed by atoms with Crippen LogP contribution < -0.4 is 0 Å². The van der Waals surface area contributed by atoms with Gasteiger partial charge in [-0.15, -0.1) is 0 Å². The van der Waals surface area contributed by atoms with Crippen LogP contribution in [0.2, 0.25) is 0 Å². The van der Waals surface area contributed by atoms with Crippen LogP contribution in [0.1, 0.15) is 24.2 Å². The van der Waals surface area contributed by atoms with Crippen molar-refractivity contribution >= 4 is 5.91 Å². The molecule has 2 heterocycles. The van der Waals surface area contributed by atoms with Crippen molar-refractivity contribution in [2.24, 2.45) is 5.92 Å². The highest BCUT2D eigenvalue weighted by Crippen LogP contribution is 2.29. The molecule has 1 aromatic rings. The number of hydrogen-bond acceptors (Lipinski definition) is 4. The molecule has 22 heavy (non-hydrogen) atoms. The van der Waals surface area contributed by atoms with Crippen molar-refractivity contribution in [1.82, 2.24) is 20.0 Å². The molecule has 1 amide bonds. The van der Waals surface area contributed by atoms with Crippen LogP contribution in [0.5, 0.6) is 0 Å². The van der Waals surface area contributed by atoms with Gasteiger partial charge in [0.25, 0.3) is 0 Å². The minimum absolute atomic E-state index is 0.127. The summed E-state index contributed by atoms with van der Waals surface area (Å²) in [4.78, 5) is 16.7. The summed E-state index contributed by atoms with van der Waals surface area (Å²) in [7, 11) is 2.15. The second kappa shape index (κ2) is 6.79. The highest BCUT2D eigenvalue weighted by Gasteiger charge is 2.28. The fraction of sp³-hybridized carbons (Fsp3) is 0.750. The monoisotopic (exact) mass is 306 g/mol. The van der Waals surface area contributed by atoms with Gasteiger partial charge in [0.1, 0.15) is 0 Å². The van der Waals surface area contributed by atoms with Crippen LogP contribution in [0, 0.1) is 12.8 Å². The second-order valence-corrected chi connectivity index (χ2v) is 6.72. The number of amides is 1. The Morgan fingerprint density at radius 2 is 2.32 bits per heavy atom. The number of rotatable bonds is 6. The predicted octanol–water partition coefficient (Wildman–Crippen LogP) is 0.830. The van der Waals surface area contributed by atoms with Gasteiger partial charge in [-0.05, 0) is 38.8 Å². The summed E-state index contributed by atoms with van der Waals surface area (Å²) in [5.74, 6) is 1.03. The van der Waals surface area contributed by atoms with Crippen molar-refractivity contribution in [3.8, 4) is 0 Å². The maximum Gasteiger partial charge on any atom is 0.228 e. The Hall–Kier alpha value is -1.40. The number of carbonyl (C=O) groups excluding carboxylic acids is 1. The van der Waals surface area contributed by atoms with Crippen LogP contribution in [0.3, 0.4) is 0 Å². The Balaban J connectivity index is 1.47. The van der Waals surface area contributed by atoms with Gasteiger partial charge in [0.2, 0.25) is 5.91 Å². The average molecular weight is 306 g/mol. The smallest absolute Gasteiger partial charge is 0.228 e. The Morgan fingerprint density at radius 3 is 3.00 bits per heavy atom. The van der Waals surface area contributed by atoms with Crippen molar-refractivity contribution in [2.75, 3.05) is 39.8 Å². The van der Waals surface area contributed by atoms with Crippen LogP contribution >= 0.6 is 0 Å². The van der Waals surface area contributed by atoms with Gasteiger partial charge in [0.15, 0.2) is 0 Å². The molecule has 0 aromatic carbocycles. The molecule has 1 unspecified atom stereocenters. The minimum atomic E-state index is 0.127. The molecular formula is C16H26N4O2. The largest absolute Gasteiger partial charge is 0.373 e. The fourth-order valence-electron chi connectivity index (χ4n) is 3.05. The van der Waals surface area contributed by atoms with E-state index in [2.05, 4.69) is 22.1 Å². The van der Waals surface area contributed by atoms with Gasteiger partial charge in [0.05, 0.1) is 24.8 Å². The van der Waals surface area contributed by atoms with Gasteiger partial charge in [-0.25, -0.2) is 0 Å². The third-order valence-corrected chi connectivity index (χ3v) is 4.36. The lowest BCUT2D eigenvalue weighted by atomic mass is 10.2. The van der Waals surface area contributed by atoms with E-state index >= 15 is 0 Å². The Bertz CT molecular complexity index is 512. The summed E-state index contributed by atoms with van der Waals surface area (Å²) in [5.41, 5.74) is 1.81. The van der Waals surface area contributed by atoms with Gasteiger partial charge in [0, 0.05) is 31.9 Å². The summed E-state index contributed by atoms with van der Waals surface area (Å²) in [6.45, 7) is 6.01. The first-order valence-corrected chi connectivity index (χ1v) is 8.19. The zero-order valence-corrected chi connectivity index (χ0v) is 13.5. The molecule has 6 nitrogen and oxygen atoms in total. The lowest BCUT2D eigenvalue weighted by Crippen LogP contribution is -2.49. The molecule has 2 fully saturated rings. The molecular weight excluding hydrogens is 280 g/mol. The molecule has 1 saturated heterocycles. The molecule has 1 N–H and O–H groups in total. The number of nitrogens with one attached hydrogen (secondary N) is 1. The molecule has 0 bridgehead atoms. The lowest BCUT2D eigenvalue weighted by molar-refractivity contribution is -0.138. The quantitative estimate of drug-likeness (QED) is 0.846. The van der Waals surface area contributed by atoms with Gasteiger partial charge in [-0.1, -0.05) is 0 Å². The topological polar surface area (TPSA) is 61.5 Å². The summed E-state index contributed by atoms with van der Waals surface area (Å²) in [6.07, 6.45) is 3.23. The molecule has 0 radical (unpaired) electrons. The normalized spacial score (nSPS) is 22.3. The minimum Gasteiger partial charge on any atom is -0.373 e. The molecule has 1 aromatic heterocycles. The number of ether oxygens (including phenoxy) is 1. The third-order valence-electron chi connectivity index (χ3n) is 4.36. The molecule has 122 valence electrons. The highest BCUT2D eigenvalue weighted by molar-refractivity contribution is 5.78. The number of aromatic nitrogens is 2. The number of H-pyrrole nitrogens is 1. The lowest BCUT2D eigenvalue weighted by Gasteiger charge is -2.35. The van der Waals surface area contributed by atoms with Crippen molar-refractivity contribution in [1.29, 1.82) is 0 Å². The van der Waals surface area contributed by atoms with Gasteiger partial charge >= 0.3 is 0 Å². The number of aryl methyl sites for hydroxylation is 1. The van der Waals surface area contributed by atoms with Crippen LogP contribution in [-0.4, -0.2) is 71.8 Å². The fourth-order valence-corrected chi connectivity index (χ4v) is 3.05. The van der Waals surface area contributed by atoms with E-state index in [4.69, 9.17) is 4.74 Å². The number of carbonyl (C=O) groups is 1. The standard InChI is InChI=1S/C16H26N4O2/c1-12-7-14(18-17-12)8-16(21)20-5-6-22-15(11-20)10-19(2)9-13-3-4-13/h7,13,15H,3-6,8-11H2,1-2H3,(H,17,18). The molecule has 1 atom stereocenters. The molecule has 0 spiro atoms. The zero-order valence-electron chi connectivity index (χ0n) is 13.5. The van der Waals surface area contributed by atoms with E-state index in [-0.39, 0.29) is 12.0 Å². The van der Waals surface area contributed by atoms with E-state index in [1.165, 1.54) is 12.8 Å². The first-order chi connectivity index (χ1) is 10.6. The van der Waals surface area contributed by atoms with E-state index in [1.807, 2.05) is 17.9 Å². The van der Waals surface area contributed by atoms with Crippen LogP contribution in [0.15, 0.2) is 6.07 Å². The van der Waals surface area contributed by atoms with E-state index in [9.17, 15) is 4.79 Å². The number of hydrogen-bond donors (Lipinski definition) is 1. The van der Waals surface area contributed by atoms with Crippen molar-refractivity contribution in [2.45, 2.75) is 32.3 Å². The molecule has 6 heteroatoms. The first kappa shape index (κ1) is 15.5. The van der Waals surface area contributed by atoms with E-state index in [0.717, 1.165) is 30.4 Å². The van der Waals surface area contributed by atoms with Crippen LogP contribution in [0.25, 0.3) is 0 Å². The molecule has 1 aliphatic heterocycles. The Morgan fingerprint density at radius 1 is 1.50 bits per heavy atom. The van der Waals surface area contributed by atoms with E-state index in [1.54, 1.807) is 0 Å². The first-order valence-electron chi connectivity index (χ1n) is 8.19. The predicted molar refractivity (Wildman–Crippen MR) is 83.6 cm³/mol. The van der Waals surface area contributed by atoms with Crippen molar-refractivity contribution in [3.63, 3.8) is 0 Å². The maximum absolute atomic E-state index is 12.4. The van der Waals surface area contributed by atoms with Gasteiger partial charge in [-0.2, -0.15) is 5.10 Å². The Labute approximate surface area is 131 Å². The SMILES string of the molecule is Cc1cc(CC(=O)N2CCOC(CN(C)CC3CC3)C2)n[nH]1. The second-order valence-electron chi connectivity index (χ2n) is 6.72. The molecule has 2 aliphatic rings. The average Bonchev–Trinajstić information content (AvgIpc) is 3.20. The molecule has 3 rings (SSSR count).